The van der Waals surface area contributed by atoms with Crippen LogP contribution in [0, 0.1) is 6.92 Å². The van der Waals surface area contributed by atoms with Gasteiger partial charge in [0.15, 0.2) is 5.11 Å². The van der Waals surface area contributed by atoms with Crippen LogP contribution < -0.4 is 10.1 Å². The molecule has 0 atom stereocenters. The Bertz CT molecular complexity index is 782. The number of pyridine rings is 1. The van der Waals surface area contributed by atoms with E-state index in [0.29, 0.717) is 5.11 Å². The normalized spacial score (nSPS) is 14.4. The predicted molar refractivity (Wildman–Crippen MR) is 120 cm³/mol. The minimum absolute atomic E-state index is 0.702. The van der Waals surface area contributed by atoms with Gasteiger partial charge in [0.1, 0.15) is 5.75 Å². The number of anilines is 1. The number of aromatic nitrogens is 1. The van der Waals surface area contributed by atoms with E-state index in [1.54, 1.807) is 7.11 Å². The van der Waals surface area contributed by atoms with Gasteiger partial charge in [0.25, 0.3) is 0 Å². The molecule has 1 N–H and O–H groups in total. The Morgan fingerprint density at radius 2 is 2.00 bits per heavy atom. The summed E-state index contributed by atoms with van der Waals surface area (Å²) in [6.07, 6.45) is 4.68. The monoisotopic (exact) mass is 414 g/mol. The van der Waals surface area contributed by atoms with Crippen molar-refractivity contribution < 1.29 is 9.47 Å². The van der Waals surface area contributed by atoms with E-state index in [-0.39, 0.29) is 0 Å². The maximum absolute atomic E-state index is 5.79. The first-order chi connectivity index (χ1) is 14.2. The van der Waals surface area contributed by atoms with Gasteiger partial charge in [0.05, 0.1) is 26.0 Å². The van der Waals surface area contributed by atoms with Gasteiger partial charge in [-0.15, -0.1) is 0 Å². The number of methoxy groups -OCH3 is 1. The van der Waals surface area contributed by atoms with Gasteiger partial charge in [-0.05, 0) is 61.0 Å². The van der Waals surface area contributed by atoms with Crippen molar-refractivity contribution in [1.82, 2.24) is 14.8 Å². The van der Waals surface area contributed by atoms with Gasteiger partial charge >= 0.3 is 0 Å². The van der Waals surface area contributed by atoms with Crippen LogP contribution in [0.1, 0.15) is 17.5 Å². The van der Waals surface area contributed by atoms with Crippen molar-refractivity contribution in [2.45, 2.75) is 19.9 Å². The molecule has 1 saturated heterocycles. The van der Waals surface area contributed by atoms with Crippen molar-refractivity contribution in [1.29, 1.82) is 0 Å². The van der Waals surface area contributed by atoms with Crippen LogP contribution in [0.4, 0.5) is 5.69 Å². The smallest absolute Gasteiger partial charge is 0.173 e. The van der Waals surface area contributed by atoms with E-state index in [2.05, 4.69) is 33.1 Å². The average Bonchev–Trinajstić information content (AvgIpc) is 2.75. The summed E-state index contributed by atoms with van der Waals surface area (Å²) >= 11 is 5.79. The Balaban J connectivity index is 1.66. The number of nitrogens with zero attached hydrogens (tertiary/aromatic N) is 3. The van der Waals surface area contributed by atoms with Crippen LogP contribution >= 0.6 is 12.2 Å². The largest absolute Gasteiger partial charge is 0.495 e. The fourth-order valence-corrected chi connectivity index (χ4v) is 3.65. The number of rotatable bonds is 8. The molecule has 0 spiro atoms. The summed E-state index contributed by atoms with van der Waals surface area (Å²) < 4.78 is 10.9. The number of nitrogens with one attached hydrogen (secondary N) is 1. The number of hydrogen-bond donors (Lipinski definition) is 1. The summed E-state index contributed by atoms with van der Waals surface area (Å²) in [5, 5.41) is 4.10. The predicted octanol–water partition coefficient (Wildman–Crippen LogP) is 3.32. The summed E-state index contributed by atoms with van der Waals surface area (Å²) in [5.41, 5.74) is 3.24. The van der Waals surface area contributed by atoms with Crippen LogP contribution in [-0.2, 0) is 11.3 Å². The zero-order valence-electron chi connectivity index (χ0n) is 17.3. The number of morpholine rings is 1. The van der Waals surface area contributed by atoms with Crippen molar-refractivity contribution in [2.24, 2.45) is 0 Å². The molecule has 0 saturated carbocycles. The van der Waals surface area contributed by atoms with E-state index in [9.17, 15) is 0 Å². The third-order valence-electron chi connectivity index (χ3n) is 5.01. The Labute approximate surface area is 178 Å². The van der Waals surface area contributed by atoms with Crippen LogP contribution in [0.25, 0.3) is 0 Å². The zero-order chi connectivity index (χ0) is 20.5. The van der Waals surface area contributed by atoms with Gasteiger partial charge in [0.2, 0.25) is 0 Å². The van der Waals surface area contributed by atoms with Gasteiger partial charge in [-0.3, -0.25) is 9.88 Å². The number of aryl methyl sites for hydroxylation is 1. The molecule has 0 unspecified atom stereocenters. The molecular formula is C22H30N4O2S. The molecule has 0 radical (unpaired) electrons. The maximum atomic E-state index is 5.79. The molecule has 1 aliphatic rings. The highest BCUT2D eigenvalue weighted by molar-refractivity contribution is 7.80. The van der Waals surface area contributed by atoms with Gasteiger partial charge in [-0.25, -0.2) is 0 Å². The zero-order valence-corrected chi connectivity index (χ0v) is 18.1. The Hall–Kier alpha value is -2.22. The molecule has 7 heteroatoms. The third-order valence-corrected chi connectivity index (χ3v) is 5.37. The standard InChI is InChI=1S/C22H30N4O2S/c1-18-4-5-21(27-2)20(16-18)24-22(29)26(17-19-6-8-23-9-7-19)11-3-10-25-12-14-28-15-13-25/h4-9,16H,3,10-15,17H2,1-2H3,(H,24,29). The quantitative estimate of drug-likeness (QED) is 0.665. The topological polar surface area (TPSA) is 49.9 Å². The lowest BCUT2D eigenvalue weighted by atomic mass is 10.2. The van der Waals surface area contributed by atoms with Crippen LogP contribution in [0.3, 0.4) is 0 Å². The van der Waals surface area contributed by atoms with Crippen molar-refractivity contribution >= 4 is 23.0 Å². The van der Waals surface area contributed by atoms with E-state index in [1.807, 2.05) is 36.7 Å². The molecule has 0 bridgehead atoms. The number of ether oxygens (including phenoxy) is 2. The van der Waals surface area contributed by atoms with Gasteiger partial charge in [0, 0.05) is 45.1 Å². The minimum Gasteiger partial charge on any atom is -0.495 e. The lowest BCUT2D eigenvalue weighted by molar-refractivity contribution is 0.0368. The molecule has 6 nitrogen and oxygen atoms in total. The van der Waals surface area contributed by atoms with Crippen LogP contribution in [0.2, 0.25) is 0 Å². The molecular weight excluding hydrogens is 384 g/mol. The Morgan fingerprint density at radius 1 is 1.24 bits per heavy atom. The number of thiocarbonyl (C=S) groups is 1. The van der Waals surface area contributed by atoms with Crippen molar-refractivity contribution in [3.8, 4) is 5.75 Å². The molecule has 156 valence electrons. The van der Waals surface area contributed by atoms with Crippen molar-refractivity contribution in [2.75, 3.05) is 51.8 Å². The first kappa shape index (κ1) is 21.5. The van der Waals surface area contributed by atoms with Crippen LogP contribution in [-0.4, -0.2) is 66.4 Å². The number of benzene rings is 1. The molecule has 1 fully saturated rings. The summed E-state index contributed by atoms with van der Waals surface area (Å²) in [6.45, 7) is 8.39. The minimum atomic E-state index is 0.702. The van der Waals surface area contributed by atoms with Crippen molar-refractivity contribution in [3.63, 3.8) is 0 Å². The molecule has 2 heterocycles. The number of hydrogen-bond acceptors (Lipinski definition) is 5. The van der Waals surface area contributed by atoms with E-state index in [1.165, 1.54) is 5.56 Å². The highest BCUT2D eigenvalue weighted by Gasteiger charge is 2.15. The van der Waals surface area contributed by atoms with E-state index in [0.717, 1.165) is 69.4 Å². The second-order valence-electron chi connectivity index (χ2n) is 7.22. The molecule has 0 amide bonds. The highest BCUT2D eigenvalue weighted by atomic mass is 32.1. The average molecular weight is 415 g/mol. The van der Waals surface area contributed by atoms with E-state index >= 15 is 0 Å². The molecule has 1 aromatic heterocycles. The Kier molecular flexibility index (Phi) is 8.22. The summed E-state index contributed by atoms with van der Waals surface area (Å²) in [7, 11) is 1.68. The molecule has 2 aromatic rings. The van der Waals surface area contributed by atoms with Crippen molar-refractivity contribution in [3.05, 3.63) is 53.9 Å². The first-order valence-corrected chi connectivity index (χ1v) is 10.5. The Morgan fingerprint density at radius 3 is 2.72 bits per heavy atom. The lowest BCUT2D eigenvalue weighted by Crippen LogP contribution is -2.40. The molecule has 0 aliphatic carbocycles. The van der Waals surface area contributed by atoms with Crippen LogP contribution in [0.5, 0.6) is 5.75 Å². The van der Waals surface area contributed by atoms with E-state index < -0.39 is 0 Å². The van der Waals surface area contributed by atoms with Gasteiger partial charge in [-0.2, -0.15) is 0 Å². The van der Waals surface area contributed by atoms with Crippen LogP contribution in [0.15, 0.2) is 42.7 Å². The van der Waals surface area contributed by atoms with E-state index in [4.69, 9.17) is 21.7 Å². The fraction of sp³-hybridized carbons (Fsp3) is 0.455. The molecule has 1 aliphatic heterocycles. The summed E-state index contributed by atoms with van der Waals surface area (Å²) in [6, 6.07) is 10.1. The molecule has 1 aromatic carbocycles. The van der Waals surface area contributed by atoms with Gasteiger partial charge in [-0.1, -0.05) is 6.07 Å². The first-order valence-electron chi connectivity index (χ1n) is 10.1. The second-order valence-corrected chi connectivity index (χ2v) is 7.61. The lowest BCUT2D eigenvalue weighted by Gasteiger charge is -2.30. The molecule has 3 rings (SSSR count). The fourth-order valence-electron chi connectivity index (χ4n) is 3.38. The van der Waals surface area contributed by atoms with Gasteiger partial charge < -0.3 is 19.7 Å². The summed E-state index contributed by atoms with van der Waals surface area (Å²) in [5.74, 6) is 0.787. The highest BCUT2D eigenvalue weighted by Crippen LogP contribution is 2.25. The molecule has 29 heavy (non-hydrogen) atoms. The SMILES string of the molecule is COc1ccc(C)cc1NC(=S)N(CCCN1CCOCC1)Cc1ccncc1. The maximum Gasteiger partial charge on any atom is 0.173 e. The third kappa shape index (κ3) is 6.66. The summed E-state index contributed by atoms with van der Waals surface area (Å²) in [4.78, 5) is 8.79. The second kappa shape index (κ2) is 11.1.